The minimum absolute atomic E-state index is 0.0952. The van der Waals surface area contributed by atoms with Gasteiger partial charge in [-0.25, -0.2) is 4.57 Å². The Morgan fingerprint density at radius 1 is 0.469 bits per heavy atom. The van der Waals surface area contributed by atoms with E-state index in [2.05, 4.69) is 50.3 Å². The van der Waals surface area contributed by atoms with Crippen molar-refractivity contribution in [3.05, 3.63) is 36.5 Å². The topological polar surface area (TPSA) is 117 Å². The molecule has 0 spiro atoms. The first-order valence-corrected chi connectivity index (χ1v) is 29.0. The van der Waals surface area contributed by atoms with Crippen LogP contribution < -0.4 is 5.73 Å². The lowest BCUT2D eigenvalue weighted by Gasteiger charge is -2.20. The molecule has 0 rings (SSSR count). The van der Waals surface area contributed by atoms with Gasteiger partial charge in [0.05, 0.1) is 19.8 Å². The molecule has 0 fully saturated rings. The van der Waals surface area contributed by atoms with E-state index in [9.17, 15) is 14.3 Å². The van der Waals surface area contributed by atoms with Gasteiger partial charge in [0.15, 0.2) is 0 Å². The number of unbranched alkanes of at least 4 members (excludes halogenated alkanes) is 34. The van der Waals surface area contributed by atoms with Gasteiger partial charge in [-0.05, 0) is 70.6 Å². The molecule has 0 radical (unpaired) electrons. The van der Waals surface area contributed by atoms with Gasteiger partial charge in [0.25, 0.3) is 0 Å². The lowest BCUT2D eigenvalue weighted by atomic mass is 10.0. The Kier molecular flexibility index (Phi) is 51.6. The number of rotatable bonds is 53. The minimum Gasteiger partial charge on any atom is -0.457 e. The van der Waals surface area contributed by atoms with E-state index in [1.165, 1.54) is 212 Å². The molecule has 2 atom stereocenters. The first-order valence-electron chi connectivity index (χ1n) is 27.5. The zero-order chi connectivity index (χ0) is 46.5. The maximum Gasteiger partial charge on any atom is 0.472 e. The van der Waals surface area contributed by atoms with Crippen molar-refractivity contribution in [1.29, 1.82) is 0 Å². The normalized spacial score (nSPS) is 13.5. The number of phosphoric ester groups is 1. The van der Waals surface area contributed by atoms with Crippen LogP contribution in [-0.4, -0.2) is 49.9 Å². The summed E-state index contributed by atoms with van der Waals surface area (Å²) in [6.07, 6.45) is 63.3. The van der Waals surface area contributed by atoms with E-state index in [0.717, 1.165) is 38.5 Å². The van der Waals surface area contributed by atoms with Gasteiger partial charge < -0.3 is 20.1 Å². The Morgan fingerprint density at radius 3 is 1.23 bits per heavy atom. The van der Waals surface area contributed by atoms with E-state index in [1.807, 2.05) is 0 Å². The fourth-order valence-corrected chi connectivity index (χ4v) is 8.73. The van der Waals surface area contributed by atoms with Gasteiger partial charge in [-0.15, -0.1) is 0 Å². The zero-order valence-electron chi connectivity index (χ0n) is 42.3. The van der Waals surface area contributed by atoms with E-state index in [1.54, 1.807) is 0 Å². The van der Waals surface area contributed by atoms with Crippen LogP contribution in [0.1, 0.15) is 271 Å². The predicted octanol–water partition coefficient (Wildman–Crippen LogP) is 17.3. The van der Waals surface area contributed by atoms with Gasteiger partial charge >= 0.3 is 13.8 Å². The average molecular weight is 924 g/mol. The monoisotopic (exact) mass is 924 g/mol. The molecule has 0 amide bonds. The molecule has 9 heteroatoms. The van der Waals surface area contributed by atoms with Crippen molar-refractivity contribution < 1.29 is 32.8 Å². The summed E-state index contributed by atoms with van der Waals surface area (Å²) in [6, 6.07) is 0. The highest BCUT2D eigenvalue weighted by molar-refractivity contribution is 7.47. The number of nitrogens with two attached hydrogens (primary N) is 1. The Balaban J connectivity index is 3.90. The molecule has 0 aliphatic carbocycles. The molecule has 3 N–H and O–H groups in total. The van der Waals surface area contributed by atoms with Crippen LogP contribution in [0.3, 0.4) is 0 Å². The van der Waals surface area contributed by atoms with Crippen LogP contribution in [0, 0.1) is 0 Å². The van der Waals surface area contributed by atoms with Gasteiger partial charge in [0, 0.05) is 19.6 Å². The smallest absolute Gasteiger partial charge is 0.457 e. The number of hydrogen-bond acceptors (Lipinski definition) is 7. The standard InChI is InChI=1S/C55H106NO7P/c1-3-5-7-9-11-13-15-17-19-21-23-25-27-28-30-32-34-36-38-40-42-44-46-48-55(57)63-54(53-62-64(58,59)61-51-49-56)52-60-50-47-45-43-41-39-37-35-33-31-29-26-24-22-20-18-16-14-12-10-8-6-4-2/h15,17,21-24,54H,3-14,16,18-20,25-53,56H2,1-2H3,(H,58,59)/b17-15-,23-21-,24-22-. The molecule has 378 valence electrons. The quantitative estimate of drug-likeness (QED) is 0.0268. The zero-order valence-corrected chi connectivity index (χ0v) is 43.2. The van der Waals surface area contributed by atoms with Crippen molar-refractivity contribution in [2.45, 2.75) is 277 Å². The molecule has 0 saturated heterocycles. The Bertz CT molecular complexity index is 1080. The molecular formula is C55H106NO7P. The van der Waals surface area contributed by atoms with Crippen molar-refractivity contribution in [2.75, 3.05) is 33.0 Å². The van der Waals surface area contributed by atoms with Crippen LogP contribution in [-0.2, 0) is 27.9 Å². The van der Waals surface area contributed by atoms with Crippen molar-refractivity contribution in [2.24, 2.45) is 5.73 Å². The fourth-order valence-electron chi connectivity index (χ4n) is 7.97. The highest BCUT2D eigenvalue weighted by Gasteiger charge is 2.25. The Hall–Kier alpha value is -1.28. The second-order valence-electron chi connectivity index (χ2n) is 18.4. The highest BCUT2D eigenvalue weighted by atomic mass is 31.2. The second-order valence-corrected chi connectivity index (χ2v) is 19.9. The SMILES string of the molecule is CCCCCCC/C=C\C/C=C\CCCCCCCCCCCCCC(=O)OC(COCCCCCCCCCCCC/C=C\CCCCCCCCCC)COP(=O)(O)OCCN. The molecule has 0 aliphatic heterocycles. The van der Waals surface area contributed by atoms with Crippen LogP contribution in [0.4, 0.5) is 0 Å². The van der Waals surface area contributed by atoms with Gasteiger partial charge in [-0.2, -0.15) is 0 Å². The number of phosphoric acid groups is 1. The molecule has 0 saturated carbocycles. The third-order valence-corrected chi connectivity index (χ3v) is 13.0. The van der Waals surface area contributed by atoms with E-state index >= 15 is 0 Å². The molecule has 64 heavy (non-hydrogen) atoms. The summed E-state index contributed by atoms with van der Waals surface area (Å²) in [7, 11) is -4.28. The molecule has 0 aromatic rings. The first kappa shape index (κ1) is 62.7. The molecule has 0 bridgehead atoms. The van der Waals surface area contributed by atoms with Crippen LogP contribution in [0.25, 0.3) is 0 Å². The molecule has 8 nitrogen and oxygen atoms in total. The number of ether oxygens (including phenoxy) is 2. The minimum atomic E-state index is -4.28. The van der Waals surface area contributed by atoms with Crippen molar-refractivity contribution >= 4 is 13.8 Å². The lowest BCUT2D eigenvalue weighted by molar-refractivity contribution is -0.154. The van der Waals surface area contributed by atoms with Crippen molar-refractivity contribution in [1.82, 2.24) is 0 Å². The summed E-state index contributed by atoms with van der Waals surface area (Å²) in [4.78, 5) is 22.6. The van der Waals surface area contributed by atoms with Gasteiger partial charge in [-0.1, -0.05) is 230 Å². The Labute approximate surface area is 397 Å². The van der Waals surface area contributed by atoms with Crippen LogP contribution in [0.5, 0.6) is 0 Å². The Morgan fingerprint density at radius 2 is 0.828 bits per heavy atom. The van der Waals surface area contributed by atoms with Crippen molar-refractivity contribution in [3.63, 3.8) is 0 Å². The summed E-state index contributed by atoms with van der Waals surface area (Å²) in [5, 5.41) is 0. The molecule has 0 aliphatic rings. The van der Waals surface area contributed by atoms with E-state index < -0.39 is 13.9 Å². The number of hydrogen-bond donors (Lipinski definition) is 2. The number of carbonyl (C=O) groups excluding carboxylic acids is 1. The summed E-state index contributed by atoms with van der Waals surface area (Å²) < 4.78 is 33.7. The first-order chi connectivity index (χ1) is 31.4. The van der Waals surface area contributed by atoms with Crippen molar-refractivity contribution in [3.8, 4) is 0 Å². The highest BCUT2D eigenvalue weighted by Crippen LogP contribution is 2.43. The summed E-state index contributed by atoms with van der Waals surface area (Å²) in [5.41, 5.74) is 5.40. The summed E-state index contributed by atoms with van der Waals surface area (Å²) >= 11 is 0. The molecule has 0 heterocycles. The lowest BCUT2D eigenvalue weighted by Crippen LogP contribution is -2.28. The summed E-state index contributed by atoms with van der Waals surface area (Å²) in [5.74, 6) is -0.329. The second kappa shape index (κ2) is 52.7. The summed E-state index contributed by atoms with van der Waals surface area (Å²) in [6.45, 7) is 4.96. The van der Waals surface area contributed by atoms with E-state index in [4.69, 9.17) is 24.3 Å². The third-order valence-electron chi connectivity index (χ3n) is 12.0. The number of carbonyl (C=O) groups is 1. The van der Waals surface area contributed by atoms with Gasteiger partial charge in [-0.3, -0.25) is 13.8 Å². The van der Waals surface area contributed by atoms with Gasteiger partial charge in [0.2, 0.25) is 0 Å². The van der Waals surface area contributed by atoms with E-state index in [-0.39, 0.29) is 32.3 Å². The molecule has 0 aromatic heterocycles. The molecular weight excluding hydrogens is 818 g/mol. The maximum absolute atomic E-state index is 12.7. The molecule has 2 unspecified atom stereocenters. The predicted molar refractivity (Wildman–Crippen MR) is 275 cm³/mol. The number of allylic oxidation sites excluding steroid dienone is 6. The molecule has 0 aromatic carbocycles. The average Bonchev–Trinajstić information content (AvgIpc) is 3.29. The largest absolute Gasteiger partial charge is 0.472 e. The van der Waals surface area contributed by atoms with Crippen LogP contribution in [0.2, 0.25) is 0 Å². The van der Waals surface area contributed by atoms with E-state index in [0.29, 0.717) is 13.0 Å². The fraction of sp³-hybridized carbons (Fsp3) is 0.873. The third kappa shape index (κ3) is 51.7. The van der Waals surface area contributed by atoms with Crippen LogP contribution >= 0.6 is 7.82 Å². The maximum atomic E-state index is 12.7. The number of esters is 1. The van der Waals surface area contributed by atoms with Crippen LogP contribution in [0.15, 0.2) is 36.5 Å². The van der Waals surface area contributed by atoms with Gasteiger partial charge in [0.1, 0.15) is 6.10 Å².